The van der Waals surface area contributed by atoms with Gasteiger partial charge in [0.2, 0.25) is 0 Å². The maximum absolute atomic E-state index is 12.9. The summed E-state index contributed by atoms with van der Waals surface area (Å²) in [6, 6.07) is 8.75. The van der Waals surface area contributed by atoms with E-state index in [-0.39, 0.29) is 10.3 Å². The average Bonchev–Trinajstić information content (AvgIpc) is 3.05. The van der Waals surface area contributed by atoms with Crippen molar-refractivity contribution in [2.45, 2.75) is 23.5 Å². The van der Waals surface area contributed by atoms with Crippen LogP contribution in [0.1, 0.15) is 33.9 Å². The monoisotopic (exact) mass is 441 g/mol. The number of aromatic nitrogens is 4. The third-order valence-corrected chi connectivity index (χ3v) is 5.30. The molecular formula is C18H15ClF3N5OS. The number of hydrogen-bond donors (Lipinski definition) is 1. The van der Waals surface area contributed by atoms with Crippen molar-refractivity contribution in [3.05, 3.63) is 64.7 Å². The highest BCUT2D eigenvalue weighted by atomic mass is 35.5. The molecule has 2 heterocycles. The number of amides is 1. The smallest absolute Gasteiger partial charge is 0.321 e. The summed E-state index contributed by atoms with van der Waals surface area (Å²) in [4.78, 5) is 15.8. The molecule has 3 rings (SSSR count). The Labute approximate surface area is 173 Å². The lowest BCUT2D eigenvalue weighted by molar-refractivity contribution is -0.141. The highest BCUT2D eigenvalue weighted by molar-refractivity contribution is 7.99. The zero-order valence-electron chi connectivity index (χ0n) is 15.2. The van der Waals surface area contributed by atoms with E-state index in [4.69, 9.17) is 11.6 Å². The minimum atomic E-state index is -4.70. The third kappa shape index (κ3) is 5.27. The molecule has 0 radical (unpaired) electrons. The fourth-order valence-electron chi connectivity index (χ4n) is 2.43. The highest BCUT2D eigenvalue weighted by Gasteiger charge is 2.33. The SMILES string of the molecule is C[C@H](Sc1nncn1C)c1cccc(NC(=O)c2cc(Cl)cc(C(F)(F)F)n2)c1. The standard InChI is InChI=1S/C18H15ClF3N5OS/c1-10(29-17-26-23-9-27(17)2)11-4-3-5-13(6-11)24-16(28)14-7-12(19)8-15(25-14)18(20,21)22/h3-10H,1-2H3,(H,24,28)/t10-/m0/s1. The van der Waals surface area contributed by atoms with Crippen molar-refractivity contribution in [1.29, 1.82) is 0 Å². The molecule has 0 saturated heterocycles. The summed E-state index contributed by atoms with van der Waals surface area (Å²) in [5.74, 6) is -0.788. The van der Waals surface area contributed by atoms with Gasteiger partial charge >= 0.3 is 6.18 Å². The second-order valence-corrected chi connectivity index (χ2v) is 7.86. The Balaban J connectivity index is 1.77. The van der Waals surface area contributed by atoms with Gasteiger partial charge in [-0.25, -0.2) is 4.98 Å². The molecule has 1 aromatic carbocycles. The summed E-state index contributed by atoms with van der Waals surface area (Å²) in [6.45, 7) is 1.97. The third-order valence-electron chi connectivity index (χ3n) is 3.88. The fourth-order valence-corrected chi connectivity index (χ4v) is 3.54. The van der Waals surface area contributed by atoms with E-state index >= 15 is 0 Å². The minimum absolute atomic E-state index is 0.00382. The molecule has 3 aromatic rings. The highest BCUT2D eigenvalue weighted by Crippen LogP contribution is 2.34. The van der Waals surface area contributed by atoms with Gasteiger partial charge in [0.25, 0.3) is 5.91 Å². The van der Waals surface area contributed by atoms with Crippen LogP contribution in [0.5, 0.6) is 0 Å². The molecule has 1 atom stereocenters. The summed E-state index contributed by atoms with van der Waals surface area (Å²) in [6.07, 6.45) is -3.11. The first-order chi connectivity index (χ1) is 13.6. The molecule has 0 saturated carbocycles. The summed E-state index contributed by atoms with van der Waals surface area (Å²) in [5, 5.41) is 10.9. The van der Waals surface area contributed by atoms with Crippen LogP contribution in [-0.2, 0) is 13.2 Å². The zero-order chi connectivity index (χ0) is 21.2. The van der Waals surface area contributed by atoms with E-state index in [0.717, 1.165) is 16.8 Å². The Morgan fingerprint density at radius 1 is 1.28 bits per heavy atom. The van der Waals surface area contributed by atoms with E-state index in [1.54, 1.807) is 29.1 Å². The van der Waals surface area contributed by atoms with Gasteiger partial charge in [0.1, 0.15) is 17.7 Å². The normalized spacial score (nSPS) is 12.6. The second kappa shape index (κ2) is 8.42. The van der Waals surface area contributed by atoms with Crippen LogP contribution in [0.2, 0.25) is 5.02 Å². The van der Waals surface area contributed by atoms with Crippen molar-refractivity contribution in [3.63, 3.8) is 0 Å². The Bertz CT molecular complexity index is 1040. The van der Waals surface area contributed by atoms with Crippen LogP contribution < -0.4 is 5.32 Å². The van der Waals surface area contributed by atoms with Crippen LogP contribution in [0.3, 0.4) is 0 Å². The van der Waals surface area contributed by atoms with Gasteiger partial charge < -0.3 is 9.88 Å². The Morgan fingerprint density at radius 2 is 2.03 bits per heavy atom. The van der Waals surface area contributed by atoms with Gasteiger partial charge in [0, 0.05) is 23.0 Å². The van der Waals surface area contributed by atoms with Gasteiger partial charge in [-0.15, -0.1) is 10.2 Å². The van der Waals surface area contributed by atoms with Crippen molar-refractivity contribution in [2.75, 3.05) is 5.32 Å². The number of hydrogen-bond acceptors (Lipinski definition) is 5. The molecule has 11 heteroatoms. The molecule has 0 aliphatic heterocycles. The summed E-state index contributed by atoms with van der Waals surface area (Å²) >= 11 is 7.20. The number of nitrogens with zero attached hydrogens (tertiary/aromatic N) is 4. The lowest BCUT2D eigenvalue weighted by atomic mass is 10.1. The van der Waals surface area contributed by atoms with E-state index < -0.39 is 23.5 Å². The molecule has 29 heavy (non-hydrogen) atoms. The summed E-state index contributed by atoms with van der Waals surface area (Å²) in [5.41, 5.74) is -0.326. The maximum atomic E-state index is 12.9. The van der Waals surface area contributed by atoms with Gasteiger partial charge in [-0.3, -0.25) is 4.79 Å². The Kier molecular flexibility index (Phi) is 6.13. The van der Waals surface area contributed by atoms with E-state index in [2.05, 4.69) is 20.5 Å². The quantitative estimate of drug-likeness (QED) is 0.565. The van der Waals surface area contributed by atoms with Crippen LogP contribution in [0, 0.1) is 0 Å². The number of nitrogens with one attached hydrogen (secondary N) is 1. The predicted octanol–water partition coefficient (Wildman–Crippen LogP) is 4.99. The number of benzene rings is 1. The predicted molar refractivity (Wildman–Crippen MR) is 104 cm³/mol. The molecule has 2 aromatic heterocycles. The topological polar surface area (TPSA) is 72.7 Å². The Morgan fingerprint density at radius 3 is 2.69 bits per heavy atom. The summed E-state index contributed by atoms with van der Waals surface area (Å²) < 4.78 is 40.5. The summed E-state index contributed by atoms with van der Waals surface area (Å²) in [7, 11) is 1.83. The lowest BCUT2D eigenvalue weighted by Gasteiger charge is -2.13. The average molecular weight is 442 g/mol. The van der Waals surface area contributed by atoms with Gasteiger partial charge in [0.05, 0.1) is 0 Å². The fraction of sp³-hybridized carbons (Fsp3) is 0.222. The molecule has 0 aliphatic carbocycles. The molecule has 0 aliphatic rings. The zero-order valence-corrected chi connectivity index (χ0v) is 16.8. The van der Waals surface area contributed by atoms with Gasteiger partial charge in [-0.05, 0) is 36.8 Å². The molecule has 0 unspecified atom stereocenters. The van der Waals surface area contributed by atoms with Crippen molar-refractivity contribution >= 4 is 35.0 Å². The molecule has 1 amide bonds. The number of alkyl halides is 3. The number of rotatable bonds is 5. The van der Waals surface area contributed by atoms with Gasteiger partial charge in [-0.2, -0.15) is 13.2 Å². The lowest BCUT2D eigenvalue weighted by Crippen LogP contribution is -2.17. The number of aryl methyl sites for hydroxylation is 1. The first-order valence-corrected chi connectivity index (χ1v) is 9.56. The molecule has 0 spiro atoms. The van der Waals surface area contributed by atoms with Crippen molar-refractivity contribution in [2.24, 2.45) is 7.05 Å². The van der Waals surface area contributed by atoms with Crippen LogP contribution in [0.4, 0.5) is 18.9 Å². The Hall–Kier alpha value is -2.59. The largest absolute Gasteiger partial charge is 0.433 e. The molecule has 152 valence electrons. The van der Waals surface area contributed by atoms with Crippen LogP contribution in [0.15, 0.2) is 47.9 Å². The molecule has 0 bridgehead atoms. The van der Waals surface area contributed by atoms with E-state index in [1.807, 2.05) is 20.0 Å². The molecule has 0 fully saturated rings. The number of anilines is 1. The second-order valence-electron chi connectivity index (χ2n) is 6.12. The molecule has 1 N–H and O–H groups in total. The van der Waals surface area contributed by atoms with Gasteiger partial charge in [0.15, 0.2) is 5.16 Å². The number of pyridine rings is 1. The van der Waals surface area contributed by atoms with Crippen molar-refractivity contribution in [1.82, 2.24) is 19.7 Å². The van der Waals surface area contributed by atoms with Crippen LogP contribution in [0.25, 0.3) is 0 Å². The number of carbonyl (C=O) groups is 1. The van der Waals surface area contributed by atoms with E-state index in [9.17, 15) is 18.0 Å². The van der Waals surface area contributed by atoms with Crippen LogP contribution in [-0.4, -0.2) is 25.7 Å². The molecule has 6 nitrogen and oxygen atoms in total. The van der Waals surface area contributed by atoms with Crippen LogP contribution >= 0.6 is 23.4 Å². The van der Waals surface area contributed by atoms with Crippen molar-refractivity contribution < 1.29 is 18.0 Å². The first-order valence-electron chi connectivity index (χ1n) is 8.30. The number of carbonyl (C=O) groups excluding carboxylic acids is 1. The number of halogens is 4. The maximum Gasteiger partial charge on any atom is 0.433 e. The van der Waals surface area contributed by atoms with Gasteiger partial charge in [-0.1, -0.05) is 35.5 Å². The molecular weight excluding hydrogens is 427 g/mol. The first kappa shape index (κ1) is 21.1. The van der Waals surface area contributed by atoms with Crippen molar-refractivity contribution in [3.8, 4) is 0 Å². The number of thioether (sulfide) groups is 1. The van der Waals surface area contributed by atoms with E-state index in [0.29, 0.717) is 11.8 Å². The van der Waals surface area contributed by atoms with E-state index in [1.165, 1.54) is 11.8 Å². The minimum Gasteiger partial charge on any atom is -0.321 e.